The normalized spacial score (nSPS) is 10.6. The molecule has 0 N–H and O–H groups in total. The third-order valence-electron chi connectivity index (χ3n) is 2.46. The lowest BCUT2D eigenvalue weighted by atomic mass is 10.4. The first-order valence-electron chi connectivity index (χ1n) is 5.54. The van der Waals surface area contributed by atoms with Crippen LogP contribution in [0.15, 0.2) is 74.8 Å². The number of hydrogen-bond acceptors (Lipinski definition) is 2. The van der Waals surface area contributed by atoms with Gasteiger partial charge in [-0.1, -0.05) is 42.3 Å². The average molecular weight is 255 g/mol. The summed E-state index contributed by atoms with van der Waals surface area (Å²) in [5, 5.41) is 0. The Morgan fingerprint density at radius 3 is 1.78 bits per heavy atom. The van der Waals surface area contributed by atoms with Gasteiger partial charge in [-0.25, -0.2) is 8.57 Å². The summed E-state index contributed by atoms with van der Waals surface area (Å²) in [6, 6.07) is 18.4. The van der Waals surface area contributed by atoms with Crippen LogP contribution in [0.1, 0.15) is 0 Å². The van der Waals surface area contributed by atoms with E-state index in [-0.39, 0.29) is 6.54 Å². The summed E-state index contributed by atoms with van der Waals surface area (Å²) in [6.45, 7) is 0.141. The summed E-state index contributed by atoms with van der Waals surface area (Å²) < 4.78 is 17.3. The second-order valence-electron chi connectivity index (χ2n) is 3.64. The summed E-state index contributed by atoms with van der Waals surface area (Å²) in [5.74, 6) is 2.42. The maximum absolute atomic E-state index is 13.1. The van der Waals surface area contributed by atoms with E-state index >= 15 is 0 Å². The maximum atomic E-state index is 13.1. The molecular formula is C15H13NOS. The van der Waals surface area contributed by atoms with Gasteiger partial charge >= 0.3 is 0 Å². The largest absolute Gasteiger partial charge is 0.240 e. The summed E-state index contributed by atoms with van der Waals surface area (Å²) in [7, 11) is -2.63. The molecule has 2 aromatic rings. The Morgan fingerprint density at radius 1 is 0.944 bits per heavy atom. The first kappa shape index (κ1) is 12.4. The van der Waals surface area contributed by atoms with Gasteiger partial charge < -0.3 is 0 Å². The van der Waals surface area contributed by atoms with Crippen molar-refractivity contribution in [3.63, 3.8) is 0 Å². The Kier molecular flexibility index (Phi) is 3.81. The van der Waals surface area contributed by atoms with Crippen LogP contribution in [0.5, 0.6) is 0 Å². The fourth-order valence-electron chi connectivity index (χ4n) is 1.62. The van der Waals surface area contributed by atoms with Gasteiger partial charge in [-0.2, -0.15) is 0 Å². The Morgan fingerprint density at radius 2 is 1.39 bits per heavy atom. The zero-order chi connectivity index (χ0) is 12.8. The molecule has 0 aliphatic rings. The number of nitrogens with zero attached hydrogens (tertiary/aromatic N) is 1. The van der Waals surface area contributed by atoms with Gasteiger partial charge in [0.05, 0.1) is 9.79 Å². The summed E-state index contributed by atoms with van der Waals surface area (Å²) in [5.41, 5.74) is 0. The average Bonchev–Trinajstić information content (AvgIpc) is 2.46. The van der Waals surface area contributed by atoms with Crippen LogP contribution in [-0.4, -0.2) is 10.8 Å². The smallest absolute Gasteiger partial charge is 0.110 e. The standard InChI is InChI=1S/C15H13NOS/c1-2-13-16-18(17,14-9-5-3-6-10-14)15-11-7-4-8-12-15/h1,3-12H,13H2. The van der Waals surface area contributed by atoms with Crippen molar-refractivity contribution in [2.45, 2.75) is 9.79 Å². The Labute approximate surface area is 108 Å². The first-order chi connectivity index (χ1) is 8.77. The number of hydrogen-bond donors (Lipinski definition) is 0. The van der Waals surface area contributed by atoms with E-state index in [1.807, 2.05) is 60.7 Å². The lowest BCUT2D eigenvalue weighted by Gasteiger charge is -2.09. The van der Waals surface area contributed by atoms with Crippen LogP contribution in [0.3, 0.4) is 0 Å². The number of rotatable bonds is 3. The molecule has 0 amide bonds. The summed E-state index contributed by atoms with van der Waals surface area (Å²) in [6.07, 6.45) is 5.22. The van der Waals surface area contributed by atoms with Gasteiger partial charge in [0.2, 0.25) is 0 Å². The second-order valence-corrected chi connectivity index (χ2v) is 5.90. The van der Waals surface area contributed by atoms with Gasteiger partial charge in [0.25, 0.3) is 0 Å². The Balaban J connectivity index is 2.65. The van der Waals surface area contributed by atoms with E-state index in [4.69, 9.17) is 6.42 Å². The van der Waals surface area contributed by atoms with Crippen molar-refractivity contribution < 1.29 is 4.21 Å². The van der Waals surface area contributed by atoms with Crippen LogP contribution in [-0.2, 0) is 9.73 Å². The highest BCUT2D eigenvalue weighted by molar-refractivity contribution is 7.93. The number of terminal acetylenes is 1. The highest BCUT2D eigenvalue weighted by Gasteiger charge is 2.14. The van der Waals surface area contributed by atoms with Crippen LogP contribution in [0.4, 0.5) is 0 Å². The van der Waals surface area contributed by atoms with E-state index in [0.29, 0.717) is 9.79 Å². The minimum atomic E-state index is -2.63. The molecule has 0 fully saturated rings. The zero-order valence-corrected chi connectivity index (χ0v) is 10.6. The minimum Gasteiger partial charge on any atom is -0.240 e. The molecule has 0 bridgehead atoms. The molecule has 0 unspecified atom stereocenters. The van der Waals surface area contributed by atoms with E-state index in [9.17, 15) is 4.21 Å². The van der Waals surface area contributed by atoms with Crippen LogP contribution in [0, 0.1) is 12.3 Å². The SMILES string of the molecule is C#CCN=S(=O)(c1ccccc1)c1ccccc1. The summed E-state index contributed by atoms with van der Waals surface area (Å²) >= 11 is 0. The quantitative estimate of drug-likeness (QED) is 0.774. The van der Waals surface area contributed by atoms with E-state index in [1.165, 1.54) is 0 Å². The van der Waals surface area contributed by atoms with Crippen molar-refractivity contribution >= 4 is 9.73 Å². The molecule has 3 heteroatoms. The molecule has 0 radical (unpaired) electrons. The van der Waals surface area contributed by atoms with Gasteiger partial charge in [0.1, 0.15) is 16.3 Å². The predicted molar refractivity (Wildman–Crippen MR) is 73.7 cm³/mol. The maximum Gasteiger partial charge on any atom is 0.110 e. The molecule has 0 aliphatic carbocycles. The molecule has 0 aromatic heterocycles. The predicted octanol–water partition coefficient (Wildman–Crippen LogP) is 3.21. The van der Waals surface area contributed by atoms with Gasteiger partial charge in [-0.05, 0) is 24.3 Å². The molecule has 2 aromatic carbocycles. The molecule has 18 heavy (non-hydrogen) atoms. The van der Waals surface area contributed by atoms with Crippen LogP contribution >= 0.6 is 0 Å². The van der Waals surface area contributed by atoms with Crippen molar-refractivity contribution in [3.8, 4) is 12.3 Å². The van der Waals surface area contributed by atoms with Gasteiger partial charge in [0.15, 0.2) is 0 Å². The van der Waals surface area contributed by atoms with Crippen molar-refractivity contribution in [2.75, 3.05) is 6.54 Å². The minimum absolute atomic E-state index is 0.141. The lowest BCUT2D eigenvalue weighted by molar-refractivity contribution is 0.675. The third-order valence-corrected chi connectivity index (χ3v) is 4.78. The molecule has 0 saturated carbocycles. The topological polar surface area (TPSA) is 29.4 Å². The molecule has 90 valence electrons. The molecule has 0 aliphatic heterocycles. The van der Waals surface area contributed by atoms with Crippen LogP contribution in [0.2, 0.25) is 0 Å². The van der Waals surface area contributed by atoms with E-state index in [1.54, 1.807) is 0 Å². The highest BCUT2D eigenvalue weighted by atomic mass is 32.2. The second kappa shape index (κ2) is 5.52. The third kappa shape index (κ3) is 2.44. The van der Waals surface area contributed by atoms with E-state index < -0.39 is 9.73 Å². The van der Waals surface area contributed by atoms with Crippen LogP contribution < -0.4 is 0 Å². The zero-order valence-electron chi connectivity index (χ0n) is 9.82. The first-order valence-corrected chi connectivity index (χ1v) is 7.05. The highest BCUT2D eigenvalue weighted by Crippen LogP contribution is 2.22. The van der Waals surface area contributed by atoms with Crippen molar-refractivity contribution in [1.29, 1.82) is 0 Å². The van der Waals surface area contributed by atoms with Crippen molar-refractivity contribution in [2.24, 2.45) is 4.36 Å². The van der Waals surface area contributed by atoms with Crippen molar-refractivity contribution in [3.05, 3.63) is 60.7 Å². The van der Waals surface area contributed by atoms with E-state index in [2.05, 4.69) is 10.3 Å². The molecule has 0 spiro atoms. The molecule has 0 heterocycles. The van der Waals surface area contributed by atoms with Gasteiger partial charge in [-0.15, -0.1) is 6.42 Å². The number of benzene rings is 2. The molecule has 2 rings (SSSR count). The lowest BCUT2D eigenvalue weighted by Crippen LogP contribution is -2.02. The van der Waals surface area contributed by atoms with E-state index in [0.717, 1.165) is 0 Å². The van der Waals surface area contributed by atoms with Gasteiger partial charge in [0, 0.05) is 0 Å². The van der Waals surface area contributed by atoms with Crippen LogP contribution in [0.25, 0.3) is 0 Å². The Hall–Kier alpha value is -2.05. The Bertz CT molecular complexity index is 617. The monoisotopic (exact) mass is 255 g/mol. The van der Waals surface area contributed by atoms with Crippen molar-refractivity contribution in [1.82, 2.24) is 0 Å². The molecule has 0 atom stereocenters. The molecule has 0 saturated heterocycles. The fourth-order valence-corrected chi connectivity index (χ4v) is 3.50. The molecule has 2 nitrogen and oxygen atoms in total. The summed E-state index contributed by atoms with van der Waals surface area (Å²) in [4.78, 5) is 1.37. The molecular weight excluding hydrogens is 242 g/mol. The fraction of sp³-hybridized carbons (Fsp3) is 0.0667. The van der Waals surface area contributed by atoms with Gasteiger partial charge in [-0.3, -0.25) is 0 Å².